The molecule has 2 aliphatic rings. The van der Waals surface area contributed by atoms with Crippen LogP contribution in [-0.4, -0.2) is 42.9 Å². The van der Waals surface area contributed by atoms with E-state index in [1.54, 1.807) is 0 Å². The molecule has 0 bridgehead atoms. The minimum atomic E-state index is 0.0422. The molecule has 2 aliphatic heterocycles. The fraction of sp³-hybridized carbons (Fsp3) is 0.579. The Morgan fingerprint density at radius 3 is 2.79 bits per heavy atom. The molecule has 2 N–H and O–H groups in total. The van der Waals surface area contributed by atoms with Crippen LogP contribution in [0.15, 0.2) is 18.2 Å². The molecule has 1 aromatic carbocycles. The molecular formula is C19H27N3O2. The molecule has 2 heterocycles. The van der Waals surface area contributed by atoms with Gasteiger partial charge in [-0.3, -0.25) is 9.59 Å². The Morgan fingerprint density at radius 1 is 1.29 bits per heavy atom. The van der Waals surface area contributed by atoms with Gasteiger partial charge in [-0.15, -0.1) is 0 Å². The Morgan fingerprint density at radius 2 is 2.12 bits per heavy atom. The number of hydrogen-bond acceptors (Lipinski definition) is 3. The van der Waals surface area contributed by atoms with Gasteiger partial charge in [-0.1, -0.05) is 6.92 Å². The van der Waals surface area contributed by atoms with Gasteiger partial charge < -0.3 is 15.5 Å². The lowest BCUT2D eigenvalue weighted by Gasteiger charge is -2.31. The van der Waals surface area contributed by atoms with E-state index in [1.165, 1.54) is 6.42 Å². The summed E-state index contributed by atoms with van der Waals surface area (Å²) in [6, 6.07) is 5.58. The standard InChI is InChI=1S/C19H27N3O2/c1-13-4-3-9-22(12-13)19(24)15-5-6-17(14(2)10-15)21-18(23)16-7-8-20-11-16/h5-6,10,13,16,20H,3-4,7-9,11-12H2,1-2H3,(H,21,23). The number of benzene rings is 1. The SMILES string of the molecule is Cc1cc(C(=O)N2CCCC(C)C2)ccc1NC(=O)C1CCNC1. The van der Waals surface area contributed by atoms with Gasteiger partial charge in [-0.2, -0.15) is 0 Å². The zero-order valence-electron chi connectivity index (χ0n) is 14.6. The monoisotopic (exact) mass is 329 g/mol. The highest BCUT2D eigenvalue weighted by molar-refractivity contribution is 5.97. The quantitative estimate of drug-likeness (QED) is 0.895. The summed E-state index contributed by atoms with van der Waals surface area (Å²) in [4.78, 5) is 26.9. The van der Waals surface area contributed by atoms with E-state index in [4.69, 9.17) is 0 Å². The number of anilines is 1. The fourth-order valence-corrected chi connectivity index (χ4v) is 3.61. The van der Waals surface area contributed by atoms with E-state index in [1.807, 2.05) is 30.0 Å². The smallest absolute Gasteiger partial charge is 0.253 e. The van der Waals surface area contributed by atoms with Gasteiger partial charge in [0.05, 0.1) is 5.92 Å². The highest BCUT2D eigenvalue weighted by Crippen LogP contribution is 2.22. The first-order valence-corrected chi connectivity index (χ1v) is 8.96. The second-order valence-corrected chi connectivity index (χ2v) is 7.21. The average molecular weight is 329 g/mol. The molecule has 2 atom stereocenters. The first-order valence-electron chi connectivity index (χ1n) is 8.96. The lowest BCUT2D eigenvalue weighted by molar-refractivity contribution is -0.119. The van der Waals surface area contributed by atoms with Crippen molar-refractivity contribution in [3.8, 4) is 0 Å². The maximum Gasteiger partial charge on any atom is 0.253 e. The summed E-state index contributed by atoms with van der Waals surface area (Å²) < 4.78 is 0. The number of aryl methyl sites for hydroxylation is 1. The third-order valence-corrected chi connectivity index (χ3v) is 5.11. The number of piperidine rings is 1. The van der Waals surface area contributed by atoms with Gasteiger partial charge in [0.25, 0.3) is 5.91 Å². The molecule has 2 fully saturated rings. The van der Waals surface area contributed by atoms with Gasteiger partial charge in [0.2, 0.25) is 5.91 Å². The Balaban J connectivity index is 1.67. The van der Waals surface area contributed by atoms with Crippen LogP contribution in [0.3, 0.4) is 0 Å². The minimum Gasteiger partial charge on any atom is -0.338 e. The fourth-order valence-electron chi connectivity index (χ4n) is 3.61. The van der Waals surface area contributed by atoms with E-state index in [9.17, 15) is 9.59 Å². The average Bonchev–Trinajstić information content (AvgIpc) is 3.10. The Kier molecular flexibility index (Phi) is 5.19. The van der Waals surface area contributed by atoms with Crippen LogP contribution >= 0.6 is 0 Å². The van der Waals surface area contributed by atoms with E-state index in [0.29, 0.717) is 11.5 Å². The third-order valence-electron chi connectivity index (χ3n) is 5.11. The number of hydrogen-bond donors (Lipinski definition) is 2. The molecule has 2 saturated heterocycles. The molecule has 0 saturated carbocycles. The van der Waals surface area contributed by atoms with Crippen LogP contribution in [0.5, 0.6) is 0 Å². The van der Waals surface area contributed by atoms with Crippen LogP contribution in [0.25, 0.3) is 0 Å². The van der Waals surface area contributed by atoms with Crippen LogP contribution in [0.4, 0.5) is 5.69 Å². The normalized spacial score (nSPS) is 24.0. The van der Waals surface area contributed by atoms with Crippen molar-refractivity contribution < 1.29 is 9.59 Å². The van der Waals surface area contributed by atoms with Gasteiger partial charge >= 0.3 is 0 Å². The summed E-state index contributed by atoms with van der Waals surface area (Å²) in [5.41, 5.74) is 2.45. The molecule has 1 aromatic rings. The predicted octanol–water partition coefficient (Wildman–Crippen LogP) is 2.42. The lowest BCUT2D eigenvalue weighted by atomic mass is 9.99. The number of amides is 2. The highest BCUT2D eigenvalue weighted by atomic mass is 16.2. The maximum atomic E-state index is 12.7. The van der Waals surface area contributed by atoms with Crippen molar-refractivity contribution in [1.29, 1.82) is 0 Å². The number of nitrogens with zero attached hydrogens (tertiary/aromatic N) is 1. The van der Waals surface area contributed by atoms with Crippen molar-refractivity contribution in [3.63, 3.8) is 0 Å². The van der Waals surface area contributed by atoms with Crippen molar-refractivity contribution in [3.05, 3.63) is 29.3 Å². The zero-order valence-corrected chi connectivity index (χ0v) is 14.6. The second kappa shape index (κ2) is 7.34. The third kappa shape index (κ3) is 3.78. The number of carbonyl (C=O) groups excluding carboxylic acids is 2. The zero-order chi connectivity index (χ0) is 17.1. The minimum absolute atomic E-state index is 0.0422. The van der Waals surface area contributed by atoms with Crippen molar-refractivity contribution in [2.24, 2.45) is 11.8 Å². The number of rotatable bonds is 3. The van der Waals surface area contributed by atoms with Crippen molar-refractivity contribution in [2.45, 2.75) is 33.1 Å². The summed E-state index contributed by atoms with van der Waals surface area (Å²) in [6.07, 6.45) is 3.16. The van der Waals surface area contributed by atoms with Crippen LogP contribution in [0, 0.1) is 18.8 Å². The van der Waals surface area contributed by atoms with E-state index >= 15 is 0 Å². The number of carbonyl (C=O) groups is 2. The molecule has 0 spiro atoms. The van der Waals surface area contributed by atoms with E-state index in [2.05, 4.69) is 17.6 Å². The van der Waals surface area contributed by atoms with Crippen LogP contribution in [0.2, 0.25) is 0 Å². The highest BCUT2D eigenvalue weighted by Gasteiger charge is 2.24. The van der Waals surface area contributed by atoms with Crippen molar-refractivity contribution in [1.82, 2.24) is 10.2 Å². The maximum absolute atomic E-state index is 12.7. The summed E-state index contributed by atoms with van der Waals surface area (Å²) in [6.45, 7) is 7.47. The number of likely N-dealkylation sites (tertiary alicyclic amines) is 1. The first kappa shape index (κ1) is 17.0. The van der Waals surface area contributed by atoms with Crippen LogP contribution in [0.1, 0.15) is 42.1 Å². The predicted molar refractivity (Wildman–Crippen MR) is 95.1 cm³/mol. The van der Waals surface area contributed by atoms with Gasteiger partial charge in [-0.25, -0.2) is 0 Å². The lowest BCUT2D eigenvalue weighted by Crippen LogP contribution is -2.39. The number of nitrogens with one attached hydrogen (secondary N) is 2. The van der Waals surface area contributed by atoms with Crippen LogP contribution < -0.4 is 10.6 Å². The molecular weight excluding hydrogens is 302 g/mol. The molecule has 130 valence electrons. The molecule has 0 aromatic heterocycles. The molecule has 2 amide bonds. The molecule has 2 unspecified atom stereocenters. The second-order valence-electron chi connectivity index (χ2n) is 7.21. The van der Waals surface area contributed by atoms with Gasteiger partial charge in [0.15, 0.2) is 0 Å². The van der Waals surface area contributed by atoms with Gasteiger partial charge in [-0.05, 0) is 62.4 Å². The van der Waals surface area contributed by atoms with E-state index in [-0.39, 0.29) is 17.7 Å². The summed E-state index contributed by atoms with van der Waals surface area (Å²) in [5.74, 6) is 0.775. The molecule has 0 aliphatic carbocycles. The van der Waals surface area contributed by atoms with Gasteiger partial charge in [0, 0.05) is 30.9 Å². The van der Waals surface area contributed by atoms with E-state index in [0.717, 1.165) is 50.3 Å². The van der Waals surface area contributed by atoms with Crippen molar-refractivity contribution >= 4 is 17.5 Å². The van der Waals surface area contributed by atoms with Crippen molar-refractivity contribution in [2.75, 3.05) is 31.5 Å². The Labute approximate surface area is 143 Å². The summed E-state index contributed by atoms with van der Waals surface area (Å²) in [7, 11) is 0. The first-order chi connectivity index (χ1) is 11.5. The van der Waals surface area contributed by atoms with Crippen LogP contribution in [-0.2, 0) is 4.79 Å². The molecule has 0 radical (unpaired) electrons. The summed E-state index contributed by atoms with van der Waals surface area (Å²) in [5, 5.41) is 6.21. The Hall–Kier alpha value is -1.88. The largest absolute Gasteiger partial charge is 0.338 e. The van der Waals surface area contributed by atoms with E-state index < -0.39 is 0 Å². The molecule has 5 heteroatoms. The summed E-state index contributed by atoms with van der Waals surface area (Å²) >= 11 is 0. The van der Waals surface area contributed by atoms with Gasteiger partial charge in [0.1, 0.15) is 0 Å². The topological polar surface area (TPSA) is 61.4 Å². The molecule has 3 rings (SSSR count). The Bertz CT molecular complexity index is 623. The molecule has 24 heavy (non-hydrogen) atoms. The molecule has 5 nitrogen and oxygen atoms in total.